The first kappa shape index (κ1) is 13.5. The van der Waals surface area contributed by atoms with Crippen molar-refractivity contribution in [1.82, 2.24) is 9.97 Å². The van der Waals surface area contributed by atoms with Crippen molar-refractivity contribution in [2.45, 2.75) is 32.6 Å². The molecule has 1 aliphatic rings. The predicted molar refractivity (Wildman–Crippen MR) is 90.4 cm³/mol. The maximum atomic E-state index is 11.9. The monoisotopic (exact) mass is 311 g/mol. The molecule has 0 unspecified atom stereocenters. The Morgan fingerprint density at radius 1 is 1.32 bits per heavy atom. The molecule has 22 heavy (non-hydrogen) atoms. The lowest BCUT2D eigenvalue weighted by atomic mass is 9.78. The third-order valence-electron chi connectivity index (χ3n) is 4.34. The van der Waals surface area contributed by atoms with Gasteiger partial charge >= 0.3 is 0 Å². The second kappa shape index (κ2) is 4.43. The second-order valence-corrected chi connectivity index (χ2v) is 7.62. The molecule has 1 aromatic carbocycles. The Morgan fingerprint density at radius 2 is 2.14 bits per heavy atom. The van der Waals surface area contributed by atoms with Crippen molar-refractivity contribution in [2.24, 2.45) is 0 Å². The lowest BCUT2D eigenvalue weighted by Gasteiger charge is -2.31. The molecule has 0 spiro atoms. The summed E-state index contributed by atoms with van der Waals surface area (Å²) in [5, 5.41) is 5.05. The largest absolute Gasteiger partial charge is 0.338 e. The van der Waals surface area contributed by atoms with Crippen LogP contribution >= 0.6 is 11.3 Å². The van der Waals surface area contributed by atoms with Crippen molar-refractivity contribution in [3.8, 4) is 11.4 Å². The van der Waals surface area contributed by atoms with Gasteiger partial charge in [-0.25, -0.2) is 4.98 Å². The fourth-order valence-corrected chi connectivity index (χ4v) is 3.87. The first-order valence-electron chi connectivity index (χ1n) is 7.32. The average Bonchev–Trinajstić information content (AvgIpc) is 3.00. The number of hydrogen-bond acceptors (Lipinski definition) is 3. The van der Waals surface area contributed by atoms with Gasteiger partial charge in [0.25, 0.3) is 0 Å². The molecule has 3 heterocycles. The van der Waals surface area contributed by atoms with Crippen molar-refractivity contribution in [3.63, 3.8) is 0 Å². The van der Waals surface area contributed by atoms with Crippen LogP contribution in [-0.4, -0.2) is 15.9 Å². The van der Waals surface area contributed by atoms with Crippen LogP contribution in [0.4, 0.5) is 5.69 Å². The second-order valence-electron chi connectivity index (χ2n) is 6.50. The number of thiophene rings is 1. The van der Waals surface area contributed by atoms with Crippen molar-refractivity contribution >= 4 is 34.0 Å². The maximum absolute atomic E-state index is 11.9. The number of benzene rings is 1. The molecule has 0 radical (unpaired) electrons. The number of H-pyrrole nitrogens is 1. The zero-order valence-electron chi connectivity index (χ0n) is 12.8. The van der Waals surface area contributed by atoms with Gasteiger partial charge in [-0.05, 0) is 36.1 Å². The number of amides is 1. The van der Waals surface area contributed by atoms with Crippen molar-refractivity contribution in [3.05, 3.63) is 34.0 Å². The molecule has 3 aromatic rings. The number of carbonyl (C=O) groups excluding carboxylic acids is 1. The molecule has 112 valence electrons. The highest BCUT2D eigenvalue weighted by Crippen LogP contribution is 2.39. The van der Waals surface area contributed by atoms with E-state index in [1.54, 1.807) is 11.3 Å². The number of nitrogens with one attached hydrogen (secondary N) is 2. The van der Waals surface area contributed by atoms with Crippen LogP contribution in [0.2, 0.25) is 0 Å². The van der Waals surface area contributed by atoms with Gasteiger partial charge in [0.1, 0.15) is 5.82 Å². The summed E-state index contributed by atoms with van der Waals surface area (Å²) in [5.41, 5.74) is 4.93. The van der Waals surface area contributed by atoms with Crippen LogP contribution in [0, 0.1) is 6.92 Å². The molecule has 0 atom stereocenters. The normalized spacial score (nSPS) is 16.6. The number of imidazole rings is 1. The Morgan fingerprint density at radius 3 is 2.86 bits per heavy atom. The van der Waals surface area contributed by atoms with Crippen molar-refractivity contribution in [2.75, 3.05) is 5.32 Å². The van der Waals surface area contributed by atoms with Gasteiger partial charge < -0.3 is 10.3 Å². The third kappa shape index (κ3) is 1.96. The summed E-state index contributed by atoms with van der Waals surface area (Å²) in [5.74, 6) is 0.960. The molecular formula is C17H17N3OS. The fraction of sp³-hybridized carbons (Fsp3) is 0.294. The van der Waals surface area contributed by atoms with Gasteiger partial charge in [-0.3, -0.25) is 4.79 Å². The van der Waals surface area contributed by atoms with Crippen molar-refractivity contribution < 1.29 is 4.79 Å². The fourth-order valence-electron chi connectivity index (χ4n) is 3.17. The highest BCUT2D eigenvalue weighted by Gasteiger charge is 2.32. The first-order chi connectivity index (χ1) is 10.4. The Balaban J connectivity index is 1.92. The molecule has 2 N–H and O–H groups in total. The van der Waals surface area contributed by atoms with E-state index >= 15 is 0 Å². The number of fused-ring (bicyclic) bond motifs is 2. The number of nitrogens with zero attached hydrogens (tertiary/aromatic N) is 1. The van der Waals surface area contributed by atoms with Crippen LogP contribution in [0.25, 0.3) is 22.4 Å². The third-order valence-corrected chi connectivity index (χ3v) is 5.19. The maximum Gasteiger partial charge on any atom is 0.225 e. The number of aryl methyl sites for hydroxylation is 1. The van der Waals surface area contributed by atoms with Gasteiger partial charge in [-0.2, -0.15) is 0 Å². The Hall–Kier alpha value is -2.14. The zero-order valence-corrected chi connectivity index (χ0v) is 13.6. The average molecular weight is 311 g/mol. The predicted octanol–water partition coefficient (Wildman–Crippen LogP) is 4.22. The minimum absolute atomic E-state index is 0.0706. The van der Waals surface area contributed by atoms with E-state index in [4.69, 9.17) is 4.98 Å². The van der Waals surface area contributed by atoms with Crippen LogP contribution < -0.4 is 5.32 Å². The lowest BCUT2D eigenvalue weighted by molar-refractivity contribution is -0.117. The molecule has 0 saturated heterocycles. The summed E-state index contributed by atoms with van der Waals surface area (Å²) in [7, 11) is 0. The molecule has 1 amide bonds. The smallest absolute Gasteiger partial charge is 0.225 e. The van der Waals surface area contributed by atoms with Gasteiger partial charge in [0.15, 0.2) is 0 Å². The van der Waals surface area contributed by atoms with Gasteiger partial charge in [-0.1, -0.05) is 13.8 Å². The molecule has 2 aromatic heterocycles. The van der Waals surface area contributed by atoms with Gasteiger partial charge in [0.05, 0.1) is 11.0 Å². The molecule has 4 rings (SSSR count). The zero-order chi connectivity index (χ0) is 15.5. The van der Waals surface area contributed by atoms with Crippen LogP contribution in [0.3, 0.4) is 0 Å². The molecule has 0 aliphatic carbocycles. The van der Waals surface area contributed by atoms with E-state index in [0.717, 1.165) is 33.7 Å². The van der Waals surface area contributed by atoms with Crippen LogP contribution in [0.1, 0.15) is 30.7 Å². The summed E-state index contributed by atoms with van der Waals surface area (Å²) >= 11 is 1.72. The number of anilines is 1. The van der Waals surface area contributed by atoms with E-state index in [1.165, 1.54) is 4.88 Å². The number of rotatable bonds is 1. The van der Waals surface area contributed by atoms with Crippen LogP contribution in [-0.2, 0) is 10.2 Å². The van der Waals surface area contributed by atoms with E-state index in [2.05, 4.69) is 48.6 Å². The molecule has 4 nitrogen and oxygen atoms in total. The van der Waals surface area contributed by atoms with E-state index in [0.29, 0.717) is 6.42 Å². The minimum atomic E-state index is -0.157. The topological polar surface area (TPSA) is 57.8 Å². The van der Waals surface area contributed by atoms with Crippen molar-refractivity contribution in [1.29, 1.82) is 0 Å². The molecule has 0 fully saturated rings. The molecular weight excluding hydrogens is 294 g/mol. The number of hydrogen-bond donors (Lipinski definition) is 2. The van der Waals surface area contributed by atoms with Crippen LogP contribution in [0.15, 0.2) is 23.6 Å². The minimum Gasteiger partial charge on any atom is -0.338 e. The molecule has 0 bridgehead atoms. The van der Waals surface area contributed by atoms with Gasteiger partial charge in [0, 0.05) is 28.0 Å². The molecule has 1 aliphatic heterocycles. The Labute approximate surface area is 132 Å². The summed E-state index contributed by atoms with van der Waals surface area (Å²) in [6.07, 6.45) is 0.510. The highest BCUT2D eigenvalue weighted by molar-refractivity contribution is 7.10. The van der Waals surface area contributed by atoms with Crippen LogP contribution in [0.5, 0.6) is 0 Å². The van der Waals surface area contributed by atoms with E-state index in [9.17, 15) is 4.79 Å². The standard InChI is InChI=1S/C17H17N3OS/c1-9-10(4-5-22-9)16-19-13-6-11-12(7-14(13)20-16)18-15(21)8-17(11,2)3/h4-7H,8H2,1-3H3,(H,18,21)(H,19,20). The quantitative estimate of drug-likeness (QED) is 0.707. The van der Waals surface area contributed by atoms with Gasteiger partial charge in [0.2, 0.25) is 5.91 Å². The Bertz CT molecular complexity index is 904. The molecule has 5 heteroatoms. The summed E-state index contributed by atoms with van der Waals surface area (Å²) in [6.45, 7) is 6.31. The van der Waals surface area contributed by atoms with E-state index < -0.39 is 0 Å². The summed E-state index contributed by atoms with van der Waals surface area (Å²) in [4.78, 5) is 21.2. The van der Waals surface area contributed by atoms with Gasteiger partial charge in [-0.15, -0.1) is 11.3 Å². The summed E-state index contributed by atoms with van der Waals surface area (Å²) in [6, 6.07) is 6.19. The first-order valence-corrected chi connectivity index (χ1v) is 8.20. The number of aromatic amines is 1. The van der Waals surface area contributed by atoms with E-state index in [-0.39, 0.29) is 11.3 Å². The number of carbonyl (C=O) groups is 1. The number of aromatic nitrogens is 2. The van der Waals surface area contributed by atoms with E-state index in [1.807, 2.05) is 6.07 Å². The highest BCUT2D eigenvalue weighted by atomic mass is 32.1. The molecule has 0 saturated carbocycles. The lowest BCUT2D eigenvalue weighted by Crippen LogP contribution is -2.32. The Kier molecular flexibility index (Phi) is 2.72. The summed E-state index contributed by atoms with van der Waals surface area (Å²) < 4.78 is 0. The SMILES string of the molecule is Cc1sccc1-c1nc2cc3c(cc2[nH]1)C(C)(C)CC(=O)N3.